The second-order valence-electron chi connectivity index (χ2n) is 8.46. The average Bonchev–Trinajstić information content (AvgIpc) is 3.39. The summed E-state index contributed by atoms with van der Waals surface area (Å²) in [5.41, 5.74) is 6.96. The van der Waals surface area contributed by atoms with Gasteiger partial charge in [0.1, 0.15) is 18.2 Å². The van der Waals surface area contributed by atoms with Crippen LogP contribution in [0.25, 0.3) is 0 Å². The number of hydrogen-bond donors (Lipinski definition) is 2. The molecule has 2 aliphatic heterocycles. The number of primary amides is 1. The van der Waals surface area contributed by atoms with E-state index in [4.69, 9.17) is 15.2 Å². The summed E-state index contributed by atoms with van der Waals surface area (Å²) in [6.45, 7) is 2.30. The molecular weight excluding hydrogens is 480 g/mol. The number of nitrogens with two attached hydrogens (primary N) is 1. The van der Waals surface area contributed by atoms with Crippen molar-refractivity contribution in [3.63, 3.8) is 0 Å². The van der Waals surface area contributed by atoms with Crippen LogP contribution in [0.2, 0.25) is 0 Å². The van der Waals surface area contributed by atoms with Crippen molar-refractivity contribution in [1.82, 2.24) is 9.21 Å². The quantitative estimate of drug-likeness (QED) is 0.599. The van der Waals surface area contributed by atoms with Gasteiger partial charge < -0.3 is 20.5 Å². The number of thiophene rings is 1. The predicted octanol–water partition coefficient (Wildman–Crippen LogP) is 1.05. The SMILES string of the molecule is NC(=O)c1c(NC(=O)CN2CCN(S(=O)(=O)c3ccc4c(c3)OCCO4)CC2)sc2c1CCC2. The number of benzene rings is 1. The van der Waals surface area contributed by atoms with E-state index in [-0.39, 0.29) is 30.4 Å². The topological polar surface area (TPSA) is 131 Å². The van der Waals surface area contributed by atoms with Gasteiger partial charge in [-0.1, -0.05) is 0 Å². The molecule has 12 heteroatoms. The fourth-order valence-electron chi connectivity index (χ4n) is 4.58. The van der Waals surface area contributed by atoms with Gasteiger partial charge in [0.25, 0.3) is 5.91 Å². The zero-order chi connectivity index (χ0) is 23.9. The Labute approximate surface area is 201 Å². The summed E-state index contributed by atoms with van der Waals surface area (Å²) in [4.78, 5) is 27.8. The first-order chi connectivity index (χ1) is 16.3. The molecule has 3 aliphatic rings. The Balaban J connectivity index is 1.19. The molecule has 0 saturated carbocycles. The van der Waals surface area contributed by atoms with E-state index >= 15 is 0 Å². The number of ether oxygens (including phenoxy) is 2. The lowest BCUT2D eigenvalue weighted by Crippen LogP contribution is -2.50. The molecule has 2 aromatic rings. The van der Waals surface area contributed by atoms with E-state index in [2.05, 4.69) is 5.32 Å². The van der Waals surface area contributed by atoms with Crippen LogP contribution >= 0.6 is 11.3 Å². The van der Waals surface area contributed by atoms with Crippen LogP contribution in [-0.4, -0.2) is 75.4 Å². The smallest absolute Gasteiger partial charge is 0.251 e. The Morgan fingerprint density at radius 3 is 2.53 bits per heavy atom. The zero-order valence-electron chi connectivity index (χ0n) is 18.5. The summed E-state index contributed by atoms with van der Waals surface area (Å²) in [6, 6.07) is 4.64. The third-order valence-corrected chi connectivity index (χ3v) is 9.37. The molecule has 1 aliphatic carbocycles. The van der Waals surface area contributed by atoms with Gasteiger partial charge in [-0.3, -0.25) is 14.5 Å². The molecule has 34 heavy (non-hydrogen) atoms. The summed E-state index contributed by atoms with van der Waals surface area (Å²) in [5, 5.41) is 3.36. The number of aryl methyl sites for hydroxylation is 1. The van der Waals surface area contributed by atoms with E-state index in [1.165, 1.54) is 27.8 Å². The highest BCUT2D eigenvalue weighted by Crippen LogP contribution is 2.39. The minimum atomic E-state index is -3.69. The number of piperazine rings is 1. The summed E-state index contributed by atoms with van der Waals surface area (Å²) >= 11 is 1.42. The molecule has 5 rings (SSSR count). The lowest BCUT2D eigenvalue weighted by molar-refractivity contribution is -0.117. The van der Waals surface area contributed by atoms with Gasteiger partial charge in [-0.2, -0.15) is 4.31 Å². The Morgan fingerprint density at radius 1 is 1.06 bits per heavy atom. The normalized spacial score (nSPS) is 18.5. The first-order valence-electron chi connectivity index (χ1n) is 11.2. The molecule has 0 spiro atoms. The maximum atomic E-state index is 13.1. The summed E-state index contributed by atoms with van der Waals surface area (Å²) < 4.78 is 38.6. The van der Waals surface area contributed by atoms with Crippen molar-refractivity contribution in [2.24, 2.45) is 5.73 Å². The lowest BCUT2D eigenvalue weighted by atomic mass is 10.1. The third-order valence-electron chi connectivity index (χ3n) is 6.27. The molecule has 10 nitrogen and oxygen atoms in total. The van der Waals surface area contributed by atoms with Crippen molar-refractivity contribution in [2.45, 2.75) is 24.2 Å². The molecule has 0 atom stereocenters. The predicted molar refractivity (Wildman–Crippen MR) is 126 cm³/mol. The molecule has 0 bridgehead atoms. The third kappa shape index (κ3) is 4.38. The van der Waals surface area contributed by atoms with E-state index in [1.54, 1.807) is 6.07 Å². The number of carbonyl (C=O) groups is 2. The highest BCUT2D eigenvalue weighted by Gasteiger charge is 2.31. The number of sulfonamides is 1. The molecule has 1 aromatic carbocycles. The van der Waals surface area contributed by atoms with E-state index in [9.17, 15) is 18.0 Å². The van der Waals surface area contributed by atoms with E-state index in [1.807, 2.05) is 4.90 Å². The largest absolute Gasteiger partial charge is 0.486 e. The van der Waals surface area contributed by atoms with Gasteiger partial charge in [0.2, 0.25) is 15.9 Å². The molecule has 1 saturated heterocycles. The van der Waals surface area contributed by atoms with Crippen molar-refractivity contribution in [2.75, 3.05) is 51.3 Å². The van der Waals surface area contributed by atoms with Crippen LogP contribution in [0.1, 0.15) is 27.2 Å². The summed E-state index contributed by atoms with van der Waals surface area (Å²) in [5.74, 6) is 0.201. The number of fused-ring (bicyclic) bond motifs is 2. The van der Waals surface area contributed by atoms with Crippen LogP contribution in [0.4, 0.5) is 5.00 Å². The van der Waals surface area contributed by atoms with Crippen LogP contribution in [0.5, 0.6) is 11.5 Å². The van der Waals surface area contributed by atoms with Crippen LogP contribution < -0.4 is 20.5 Å². The van der Waals surface area contributed by atoms with Gasteiger partial charge >= 0.3 is 0 Å². The Morgan fingerprint density at radius 2 is 1.79 bits per heavy atom. The minimum Gasteiger partial charge on any atom is -0.486 e. The first kappa shape index (κ1) is 23.1. The highest BCUT2D eigenvalue weighted by molar-refractivity contribution is 7.89. The molecule has 1 aromatic heterocycles. The van der Waals surface area contributed by atoms with Gasteiger partial charge in [-0.05, 0) is 37.0 Å². The van der Waals surface area contributed by atoms with Crippen molar-refractivity contribution in [1.29, 1.82) is 0 Å². The van der Waals surface area contributed by atoms with Crippen molar-refractivity contribution < 1.29 is 27.5 Å². The molecule has 2 amide bonds. The van der Waals surface area contributed by atoms with E-state index < -0.39 is 15.9 Å². The Kier molecular flexibility index (Phi) is 6.23. The van der Waals surface area contributed by atoms with E-state index in [0.717, 1.165) is 29.7 Å². The maximum Gasteiger partial charge on any atom is 0.251 e. The Hall–Kier alpha value is -2.67. The number of amides is 2. The summed E-state index contributed by atoms with van der Waals surface area (Å²) in [6.07, 6.45) is 2.70. The van der Waals surface area contributed by atoms with Gasteiger partial charge in [-0.15, -0.1) is 11.3 Å². The second-order valence-corrected chi connectivity index (χ2v) is 11.5. The van der Waals surface area contributed by atoms with Gasteiger partial charge in [0.05, 0.1) is 17.0 Å². The van der Waals surface area contributed by atoms with E-state index in [0.29, 0.717) is 48.4 Å². The molecule has 182 valence electrons. The van der Waals surface area contributed by atoms with Crippen LogP contribution in [-0.2, 0) is 27.7 Å². The van der Waals surface area contributed by atoms with Crippen LogP contribution in [0.3, 0.4) is 0 Å². The number of nitrogens with one attached hydrogen (secondary N) is 1. The van der Waals surface area contributed by atoms with Crippen LogP contribution in [0.15, 0.2) is 23.1 Å². The van der Waals surface area contributed by atoms with Gasteiger partial charge in [0, 0.05) is 37.1 Å². The zero-order valence-corrected chi connectivity index (χ0v) is 20.2. The van der Waals surface area contributed by atoms with Crippen molar-refractivity contribution >= 4 is 38.2 Å². The van der Waals surface area contributed by atoms with Crippen molar-refractivity contribution in [3.8, 4) is 11.5 Å². The molecule has 0 unspecified atom stereocenters. The molecule has 3 N–H and O–H groups in total. The fraction of sp³-hybridized carbons (Fsp3) is 0.455. The minimum absolute atomic E-state index is 0.110. The summed E-state index contributed by atoms with van der Waals surface area (Å²) in [7, 11) is -3.69. The van der Waals surface area contributed by atoms with Crippen molar-refractivity contribution in [3.05, 3.63) is 34.2 Å². The van der Waals surface area contributed by atoms with Gasteiger partial charge in [-0.25, -0.2) is 8.42 Å². The lowest BCUT2D eigenvalue weighted by Gasteiger charge is -2.33. The molecule has 1 fully saturated rings. The molecule has 3 heterocycles. The highest BCUT2D eigenvalue weighted by atomic mass is 32.2. The Bertz CT molecular complexity index is 1230. The molecular formula is C22H26N4O6S2. The first-order valence-corrected chi connectivity index (χ1v) is 13.4. The number of rotatable bonds is 6. The number of anilines is 1. The van der Waals surface area contributed by atoms with Crippen LogP contribution in [0, 0.1) is 0 Å². The standard InChI is InChI=1S/C22H26N4O6S2/c23-21(28)20-15-2-1-3-18(15)33-22(20)24-19(27)13-25-6-8-26(9-7-25)34(29,30)14-4-5-16-17(12-14)32-11-10-31-16/h4-5,12H,1-3,6-11,13H2,(H2,23,28)(H,24,27). The molecule has 0 radical (unpaired) electrons. The maximum absolute atomic E-state index is 13.1. The number of hydrogen-bond acceptors (Lipinski definition) is 8. The average molecular weight is 507 g/mol. The number of nitrogens with zero attached hydrogens (tertiary/aromatic N) is 2. The fourth-order valence-corrected chi connectivity index (χ4v) is 7.33. The number of carbonyl (C=O) groups excluding carboxylic acids is 2. The van der Waals surface area contributed by atoms with Gasteiger partial charge in [0.15, 0.2) is 11.5 Å². The second kappa shape index (κ2) is 9.17. The monoisotopic (exact) mass is 506 g/mol.